The number of carbonyl (C=O) groups excluding carboxylic acids is 1. The molecule has 2 heterocycles. The van der Waals surface area contributed by atoms with Crippen LogP contribution in [0.15, 0.2) is 53.1 Å². The average molecular weight is 497 g/mol. The van der Waals surface area contributed by atoms with E-state index in [1.807, 2.05) is 36.0 Å². The van der Waals surface area contributed by atoms with Crippen LogP contribution in [0.1, 0.15) is 24.3 Å². The SMILES string of the molecule is COc1ccc(-c2noc(CN3CCCC(C(=O)NCCSCc4ccccc4)C3)n2)cc1OC. The Balaban J connectivity index is 1.23. The van der Waals surface area contributed by atoms with Crippen LogP contribution in [-0.2, 0) is 17.1 Å². The number of thioether (sulfide) groups is 1. The summed E-state index contributed by atoms with van der Waals surface area (Å²) in [7, 11) is 3.19. The van der Waals surface area contributed by atoms with Crippen molar-refractivity contribution < 1.29 is 18.8 Å². The molecular formula is C26H32N4O4S. The van der Waals surface area contributed by atoms with Gasteiger partial charge in [-0.05, 0) is 43.1 Å². The fraction of sp³-hybridized carbons (Fsp3) is 0.423. The van der Waals surface area contributed by atoms with E-state index in [-0.39, 0.29) is 11.8 Å². The Labute approximate surface area is 210 Å². The molecule has 1 saturated heterocycles. The predicted molar refractivity (Wildman–Crippen MR) is 136 cm³/mol. The second-order valence-corrected chi connectivity index (χ2v) is 9.59. The van der Waals surface area contributed by atoms with Gasteiger partial charge in [-0.1, -0.05) is 35.5 Å². The Morgan fingerprint density at radius 2 is 2.00 bits per heavy atom. The van der Waals surface area contributed by atoms with Crippen molar-refractivity contribution >= 4 is 17.7 Å². The summed E-state index contributed by atoms with van der Waals surface area (Å²) in [6.45, 7) is 2.81. The molecule has 3 aromatic rings. The van der Waals surface area contributed by atoms with E-state index in [4.69, 9.17) is 14.0 Å². The lowest BCUT2D eigenvalue weighted by Gasteiger charge is -2.30. The normalized spacial score (nSPS) is 16.1. The summed E-state index contributed by atoms with van der Waals surface area (Å²) in [6, 6.07) is 15.9. The second kappa shape index (κ2) is 12.6. The molecule has 0 saturated carbocycles. The number of nitrogens with zero attached hydrogens (tertiary/aromatic N) is 3. The van der Waals surface area contributed by atoms with Gasteiger partial charge >= 0.3 is 0 Å². The predicted octanol–water partition coefficient (Wildman–Crippen LogP) is 4.02. The Morgan fingerprint density at radius 3 is 2.80 bits per heavy atom. The molecule has 0 radical (unpaired) electrons. The van der Waals surface area contributed by atoms with Gasteiger partial charge in [0, 0.05) is 30.2 Å². The third-order valence-corrected chi connectivity index (χ3v) is 7.03. The molecule has 1 aliphatic rings. The summed E-state index contributed by atoms with van der Waals surface area (Å²) in [5, 5.41) is 7.23. The van der Waals surface area contributed by atoms with Gasteiger partial charge in [0.05, 0.1) is 26.7 Å². The molecule has 4 rings (SSSR count). The lowest BCUT2D eigenvalue weighted by molar-refractivity contribution is -0.126. The Kier molecular flexibility index (Phi) is 9.02. The summed E-state index contributed by atoms with van der Waals surface area (Å²) in [4.78, 5) is 19.5. The third-order valence-electron chi connectivity index (χ3n) is 6.00. The Hall–Kier alpha value is -3.04. The van der Waals surface area contributed by atoms with Crippen molar-refractivity contribution in [3.63, 3.8) is 0 Å². The lowest BCUT2D eigenvalue weighted by Crippen LogP contribution is -2.43. The Morgan fingerprint density at radius 1 is 1.17 bits per heavy atom. The molecule has 1 unspecified atom stereocenters. The number of piperidine rings is 1. The largest absolute Gasteiger partial charge is 0.493 e. The summed E-state index contributed by atoms with van der Waals surface area (Å²) in [6.07, 6.45) is 1.87. The number of nitrogens with one attached hydrogen (secondary N) is 1. The van der Waals surface area contributed by atoms with E-state index in [9.17, 15) is 4.79 Å². The standard InChI is InChI=1S/C26H32N4O4S/c1-32-22-11-10-20(15-23(22)33-2)25-28-24(34-29-25)17-30-13-6-9-21(16-30)26(31)27-12-14-35-18-19-7-4-3-5-8-19/h3-5,7-8,10-11,15,21H,6,9,12-14,16-18H2,1-2H3,(H,27,31). The topological polar surface area (TPSA) is 89.7 Å². The number of hydrogen-bond acceptors (Lipinski definition) is 8. The summed E-state index contributed by atoms with van der Waals surface area (Å²) in [5.74, 6) is 4.27. The van der Waals surface area contributed by atoms with E-state index in [2.05, 4.69) is 44.6 Å². The van der Waals surface area contributed by atoms with E-state index >= 15 is 0 Å². The molecule has 1 amide bonds. The first kappa shape index (κ1) is 25.1. The first-order valence-corrected chi connectivity index (χ1v) is 13.0. The van der Waals surface area contributed by atoms with Crippen LogP contribution in [0, 0.1) is 5.92 Å². The minimum Gasteiger partial charge on any atom is -0.493 e. The zero-order chi connectivity index (χ0) is 24.5. The van der Waals surface area contributed by atoms with Crippen molar-refractivity contribution in [1.29, 1.82) is 0 Å². The summed E-state index contributed by atoms with van der Waals surface area (Å²) < 4.78 is 16.1. The molecule has 35 heavy (non-hydrogen) atoms. The maximum Gasteiger partial charge on any atom is 0.241 e. The van der Waals surface area contributed by atoms with Crippen molar-refractivity contribution in [2.75, 3.05) is 39.6 Å². The quantitative estimate of drug-likeness (QED) is 0.398. The van der Waals surface area contributed by atoms with Gasteiger partial charge < -0.3 is 19.3 Å². The number of rotatable bonds is 11. The molecule has 1 aliphatic heterocycles. The van der Waals surface area contributed by atoms with Crippen LogP contribution < -0.4 is 14.8 Å². The van der Waals surface area contributed by atoms with Crippen molar-refractivity contribution in [3.05, 3.63) is 60.0 Å². The van der Waals surface area contributed by atoms with E-state index in [0.29, 0.717) is 42.8 Å². The minimum absolute atomic E-state index is 0.0175. The first-order valence-electron chi connectivity index (χ1n) is 11.8. The van der Waals surface area contributed by atoms with Gasteiger partial charge in [0.25, 0.3) is 0 Å². The molecule has 1 fully saturated rings. The monoisotopic (exact) mass is 496 g/mol. The molecule has 0 bridgehead atoms. The summed E-state index contributed by atoms with van der Waals surface area (Å²) >= 11 is 1.83. The highest BCUT2D eigenvalue weighted by molar-refractivity contribution is 7.98. The molecule has 1 N–H and O–H groups in total. The van der Waals surface area contributed by atoms with Crippen LogP contribution in [-0.4, -0.2) is 60.6 Å². The highest BCUT2D eigenvalue weighted by Gasteiger charge is 2.26. The number of carbonyl (C=O) groups is 1. The van der Waals surface area contributed by atoms with E-state index in [1.165, 1.54) is 5.56 Å². The minimum atomic E-state index is -0.0175. The average Bonchev–Trinajstić information content (AvgIpc) is 3.37. The van der Waals surface area contributed by atoms with Crippen LogP contribution in [0.4, 0.5) is 0 Å². The maximum absolute atomic E-state index is 12.7. The highest BCUT2D eigenvalue weighted by atomic mass is 32.2. The number of methoxy groups -OCH3 is 2. The van der Waals surface area contributed by atoms with Gasteiger partial charge in [-0.2, -0.15) is 16.7 Å². The van der Waals surface area contributed by atoms with E-state index < -0.39 is 0 Å². The number of amides is 1. The van der Waals surface area contributed by atoms with Crippen LogP contribution in [0.5, 0.6) is 11.5 Å². The number of ether oxygens (including phenoxy) is 2. The second-order valence-electron chi connectivity index (χ2n) is 8.48. The van der Waals surface area contributed by atoms with Crippen LogP contribution in [0.25, 0.3) is 11.4 Å². The van der Waals surface area contributed by atoms with Crippen molar-refractivity contribution in [2.45, 2.75) is 25.1 Å². The number of likely N-dealkylation sites (tertiary alicyclic amines) is 1. The first-order chi connectivity index (χ1) is 17.2. The van der Waals surface area contributed by atoms with Crippen molar-refractivity contribution in [1.82, 2.24) is 20.4 Å². The van der Waals surface area contributed by atoms with E-state index in [0.717, 1.165) is 36.5 Å². The van der Waals surface area contributed by atoms with Crippen LogP contribution in [0.3, 0.4) is 0 Å². The molecule has 0 spiro atoms. The number of aromatic nitrogens is 2. The number of benzene rings is 2. The van der Waals surface area contributed by atoms with Gasteiger partial charge in [0.15, 0.2) is 11.5 Å². The van der Waals surface area contributed by atoms with Gasteiger partial charge in [0.2, 0.25) is 17.6 Å². The molecule has 8 nitrogen and oxygen atoms in total. The third kappa shape index (κ3) is 6.99. The molecule has 9 heteroatoms. The van der Waals surface area contributed by atoms with Gasteiger partial charge in [-0.3, -0.25) is 9.69 Å². The van der Waals surface area contributed by atoms with Gasteiger partial charge in [0.1, 0.15) is 0 Å². The van der Waals surface area contributed by atoms with Crippen LogP contribution >= 0.6 is 11.8 Å². The highest BCUT2D eigenvalue weighted by Crippen LogP contribution is 2.31. The van der Waals surface area contributed by atoms with Crippen molar-refractivity contribution in [3.8, 4) is 22.9 Å². The van der Waals surface area contributed by atoms with E-state index in [1.54, 1.807) is 14.2 Å². The zero-order valence-electron chi connectivity index (χ0n) is 20.2. The van der Waals surface area contributed by atoms with Crippen LogP contribution in [0.2, 0.25) is 0 Å². The molecule has 1 aromatic heterocycles. The smallest absolute Gasteiger partial charge is 0.241 e. The van der Waals surface area contributed by atoms with Crippen molar-refractivity contribution in [2.24, 2.45) is 5.92 Å². The lowest BCUT2D eigenvalue weighted by atomic mass is 9.97. The molecular weight excluding hydrogens is 464 g/mol. The zero-order valence-corrected chi connectivity index (χ0v) is 21.1. The molecule has 0 aliphatic carbocycles. The fourth-order valence-electron chi connectivity index (χ4n) is 4.17. The molecule has 1 atom stereocenters. The summed E-state index contributed by atoms with van der Waals surface area (Å²) in [5.41, 5.74) is 2.10. The maximum atomic E-state index is 12.7. The fourth-order valence-corrected chi connectivity index (χ4v) is 4.99. The van der Waals surface area contributed by atoms with Gasteiger partial charge in [-0.15, -0.1) is 0 Å². The molecule has 186 valence electrons. The number of hydrogen-bond donors (Lipinski definition) is 1. The Bertz CT molecular complexity index is 1090. The van der Waals surface area contributed by atoms with Gasteiger partial charge in [-0.25, -0.2) is 0 Å². The molecule has 2 aromatic carbocycles.